The van der Waals surface area contributed by atoms with Crippen molar-refractivity contribution >= 4 is 21.4 Å². The molecule has 0 saturated carbocycles. The van der Waals surface area contributed by atoms with Crippen LogP contribution >= 0.6 is 11.3 Å². The molecule has 0 atom stereocenters. The Hall–Kier alpha value is -1.28. The van der Waals surface area contributed by atoms with Gasteiger partial charge in [-0.05, 0) is 24.1 Å². The van der Waals surface area contributed by atoms with Crippen LogP contribution in [0.15, 0.2) is 35.4 Å². The number of hydrogen-bond donors (Lipinski definition) is 2. The number of benzene rings is 1. The molecular weight excluding hydrogens is 294 g/mol. The zero-order chi connectivity index (χ0) is 14.6. The molecule has 1 heterocycles. The van der Waals surface area contributed by atoms with Crippen molar-refractivity contribution in [3.05, 3.63) is 45.9 Å². The highest BCUT2D eigenvalue weighted by Gasteiger charge is 2.14. The predicted molar refractivity (Wildman–Crippen MR) is 79.9 cm³/mol. The summed E-state index contributed by atoms with van der Waals surface area (Å²) in [6, 6.07) is 6.55. The number of nitrogens with two attached hydrogens (primary N) is 1. The van der Waals surface area contributed by atoms with E-state index in [-0.39, 0.29) is 11.4 Å². The van der Waals surface area contributed by atoms with E-state index < -0.39 is 10.0 Å². The average Bonchev–Trinajstić information content (AvgIpc) is 2.93. The predicted octanol–water partition coefficient (Wildman–Crippen LogP) is 1.64. The third-order valence-electron chi connectivity index (χ3n) is 2.83. The summed E-state index contributed by atoms with van der Waals surface area (Å²) in [7, 11) is -3.51. The van der Waals surface area contributed by atoms with Crippen LogP contribution < -0.4 is 10.5 Å². The fraction of sp³-hybridized carbons (Fsp3) is 0.308. The molecule has 0 spiro atoms. The van der Waals surface area contributed by atoms with Crippen LogP contribution in [0.5, 0.6) is 0 Å². The molecular formula is C13H17N3O2S2. The molecule has 2 aromatic rings. The lowest BCUT2D eigenvalue weighted by Gasteiger charge is -2.06. The summed E-state index contributed by atoms with van der Waals surface area (Å²) in [5, 5.41) is 0.768. The Bertz CT molecular complexity index is 663. The Morgan fingerprint density at radius 1 is 1.30 bits per heavy atom. The normalized spacial score (nSPS) is 11.7. The van der Waals surface area contributed by atoms with E-state index >= 15 is 0 Å². The molecule has 0 aliphatic rings. The van der Waals surface area contributed by atoms with E-state index in [1.807, 2.05) is 6.92 Å². The molecule has 108 valence electrons. The second kappa shape index (κ2) is 6.45. The third-order valence-corrected chi connectivity index (χ3v) is 5.39. The maximum atomic E-state index is 12.1. The van der Waals surface area contributed by atoms with Crippen molar-refractivity contribution in [3.63, 3.8) is 0 Å². The van der Waals surface area contributed by atoms with Gasteiger partial charge in [0.2, 0.25) is 10.0 Å². The molecule has 7 heteroatoms. The zero-order valence-corrected chi connectivity index (χ0v) is 12.8. The van der Waals surface area contributed by atoms with Gasteiger partial charge in [0.15, 0.2) is 0 Å². The van der Waals surface area contributed by atoms with E-state index in [4.69, 9.17) is 5.73 Å². The van der Waals surface area contributed by atoms with Crippen LogP contribution in [0.2, 0.25) is 0 Å². The number of sulfonamides is 1. The van der Waals surface area contributed by atoms with Crippen LogP contribution in [-0.2, 0) is 29.5 Å². The fourth-order valence-electron chi connectivity index (χ4n) is 1.64. The third kappa shape index (κ3) is 3.63. The molecule has 0 unspecified atom stereocenters. The molecule has 0 amide bonds. The summed E-state index contributed by atoms with van der Waals surface area (Å²) in [4.78, 5) is 5.57. The maximum absolute atomic E-state index is 12.1. The van der Waals surface area contributed by atoms with Crippen molar-refractivity contribution in [1.82, 2.24) is 9.71 Å². The van der Waals surface area contributed by atoms with Crippen molar-refractivity contribution in [2.45, 2.75) is 31.3 Å². The molecule has 20 heavy (non-hydrogen) atoms. The van der Waals surface area contributed by atoms with Gasteiger partial charge in [-0.1, -0.05) is 19.1 Å². The van der Waals surface area contributed by atoms with Crippen molar-refractivity contribution in [2.24, 2.45) is 5.73 Å². The van der Waals surface area contributed by atoms with E-state index in [1.54, 1.807) is 30.5 Å². The van der Waals surface area contributed by atoms with Crippen LogP contribution in [0, 0.1) is 0 Å². The molecule has 2 rings (SSSR count). The molecule has 1 aromatic heterocycles. The maximum Gasteiger partial charge on any atom is 0.240 e. The molecule has 0 saturated heterocycles. The molecule has 0 aliphatic carbocycles. The van der Waals surface area contributed by atoms with Crippen LogP contribution in [0.4, 0.5) is 0 Å². The van der Waals surface area contributed by atoms with Gasteiger partial charge < -0.3 is 5.73 Å². The minimum absolute atomic E-state index is 0.214. The average molecular weight is 311 g/mol. The molecule has 0 bridgehead atoms. The summed E-state index contributed by atoms with van der Waals surface area (Å²) >= 11 is 1.52. The highest BCUT2D eigenvalue weighted by molar-refractivity contribution is 7.89. The minimum atomic E-state index is -3.51. The lowest BCUT2D eigenvalue weighted by Crippen LogP contribution is -2.23. The van der Waals surface area contributed by atoms with Crippen molar-refractivity contribution < 1.29 is 8.42 Å². The monoisotopic (exact) mass is 311 g/mol. The number of hydrogen-bond acceptors (Lipinski definition) is 5. The minimum Gasteiger partial charge on any atom is -0.326 e. The summed E-state index contributed by atoms with van der Waals surface area (Å²) < 4.78 is 26.8. The number of rotatable bonds is 6. The van der Waals surface area contributed by atoms with Gasteiger partial charge in [-0.3, -0.25) is 0 Å². The van der Waals surface area contributed by atoms with Gasteiger partial charge in [0.05, 0.1) is 11.4 Å². The van der Waals surface area contributed by atoms with Gasteiger partial charge in [-0.2, -0.15) is 0 Å². The van der Waals surface area contributed by atoms with Gasteiger partial charge in [0, 0.05) is 17.6 Å². The van der Waals surface area contributed by atoms with Crippen LogP contribution in [-0.4, -0.2) is 13.4 Å². The van der Waals surface area contributed by atoms with Crippen molar-refractivity contribution in [2.75, 3.05) is 0 Å². The number of aromatic nitrogens is 1. The van der Waals surface area contributed by atoms with E-state index in [2.05, 4.69) is 9.71 Å². The quantitative estimate of drug-likeness (QED) is 0.849. The van der Waals surface area contributed by atoms with E-state index in [1.165, 1.54) is 11.3 Å². The van der Waals surface area contributed by atoms with Gasteiger partial charge in [0.1, 0.15) is 5.01 Å². The summed E-state index contributed by atoms with van der Waals surface area (Å²) in [5.41, 5.74) is 6.39. The van der Waals surface area contributed by atoms with Gasteiger partial charge in [-0.15, -0.1) is 11.3 Å². The van der Waals surface area contributed by atoms with Gasteiger partial charge in [0.25, 0.3) is 0 Å². The zero-order valence-electron chi connectivity index (χ0n) is 11.2. The number of nitrogens with zero attached hydrogens (tertiary/aromatic N) is 1. The smallest absolute Gasteiger partial charge is 0.240 e. The summed E-state index contributed by atoms with van der Waals surface area (Å²) in [5.74, 6) is 0. The Balaban J connectivity index is 2.06. The lowest BCUT2D eigenvalue weighted by molar-refractivity contribution is 0.581. The number of thiazole rings is 1. The van der Waals surface area contributed by atoms with Gasteiger partial charge >= 0.3 is 0 Å². The first kappa shape index (κ1) is 15.1. The molecule has 1 aromatic carbocycles. The number of aryl methyl sites for hydroxylation is 1. The Morgan fingerprint density at radius 2 is 2.00 bits per heavy atom. The Morgan fingerprint density at radius 3 is 2.55 bits per heavy atom. The first-order valence-electron chi connectivity index (χ1n) is 6.27. The summed E-state index contributed by atoms with van der Waals surface area (Å²) in [6.07, 6.45) is 2.69. The highest BCUT2D eigenvalue weighted by atomic mass is 32.2. The second-order valence-corrected chi connectivity index (χ2v) is 7.21. The topological polar surface area (TPSA) is 85.1 Å². The Kier molecular flexibility index (Phi) is 4.87. The SMILES string of the molecule is CCc1cnc(CNS(=O)(=O)c2ccc(CN)cc2)s1. The molecule has 5 nitrogen and oxygen atoms in total. The van der Waals surface area contributed by atoms with Crippen LogP contribution in [0.25, 0.3) is 0 Å². The van der Waals surface area contributed by atoms with E-state index in [9.17, 15) is 8.42 Å². The first-order chi connectivity index (χ1) is 9.55. The van der Waals surface area contributed by atoms with Crippen molar-refractivity contribution in [3.8, 4) is 0 Å². The Labute approximate surface area is 122 Å². The van der Waals surface area contributed by atoms with Crippen molar-refractivity contribution in [1.29, 1.82) is 0 Å². The van der Waals surface area contributed by atoms with E-state index in [0.29, 0.717) is 6.54 Å². The highest BCUT2D eigenvalue weighted by Crippen LogP contribution is 2.15. The van der Waals surface area contributed by atoms with E-state index in [0.717, 1.165) is 21.9 Å². The number of nitrogens with one attached hydrogen (secondary N) is 1. The van der Waals surface area contributed by atoms with Crippen LogP contribution in [0.3, 0.4) is 0 Å². The second-order valence-electron chi connectivity index (χ2n) is 4.25. The standard InChI is InChI=1S/C13H17N3O2S2/c1-2-11-8-15-13(19-11)9-16-20(17,18)12-5-3-10(7-14)4-6-12/h3-6,8,16H,2,7,9,14H2,1H3. The van der Waals surface area contributed by atoms with Crippen LogP contribution in [0.1, 0.15) is 22.4 Å². The largest absolute Gasteiger partial charge is 0.326 e. The van der Waals surface area contributed by atoms with Gasteiger partial charge in [-0.25, -0.2) is 18.1 Å². The molecule has 0 radical (unpaired) electrons. The summed E-state index contributed by atoms with van der Waals surface area (Å²) in [6.45, 7) is 2.65. The molecule has 0 fully saturated rings. The lowest BCUT2D eigenvalue weighted by atomic mass is 10.2. The fourth-order valence-corrected chi connectivity index (χ4v) is 3.52. The molecule has 3 N–H and O–H groups in total. The molecule has 0 aliphatic heterocycles. The first-order valence-corrected chi connectivity index (χ1v) is 8.57.